The van der Waals surface area contributed by atoms with Gasteiger partial charge in [-0.1, -0.05) is 26.0 Å². The van der Waals surface area contributed by atoms with Crippen LogP contribution in [-0.4, -0.2) is 10.8 Å². The van der Waals surface area contributed by atoms with Gasteiger partial charge in [0.2, 0.25) is 5.88 Å². The van der Waals surface area contributed by atoms with Gasteiger partial charge >= 0.3 is 0 Å². The molecule has 0 aliphatic carbocycles. The van der Waals surface area contributed by atoms with E-state index < -0.39 is 0 Å². The summed E-state index contributed by atoms with van der Waals surface area (Å²) in [6.07, 6.45) is 0. The molecule has 2 aromatic rings. The predicted molar refractivity (Wildman–Crippen MR) is 80.6 cm³/mol. The van der Waals surface area contributed by atoms with E-state index in [0.717, 1.165) is 5.69 Å². The molecule has 0 saturated carbocycles. The summed E-state index contributed by atoms with van der Waals surface area (Å²) < 4.78 is 5.81. The molecule has 3 N–H and O–H groups in total. The third-order valence-corrected chi connectivity index (χ3v) is 3.03. The van der Waals surface area contributed by atoms with E-state index >= 15 is 0 Å². The lowest BCUT2D eigenvalue weighted by Gasteiger charge is -2.12. The van der Waals surface area contributed by atoms with Gasteiger partial charge in [-0.2, -0.15) is 0 Å². The molecule has 2 rings (SSSR count). The second-order valence-electron chi connectivity index (χ2n) is 5.05. The molecule has 0 spiro atoms. The molecule has 0 bridgehead atoms. The van der Waals surface area contributed by atoms with Crippen LogP contribution in [0.5, 0.6) is 11.6 Å². The summed E-state index contributed by atoms with van der Waals surface area (Å²) in [5.41, 5.74) is 8.08. The lowest BCUT2D eigenvalue weighted by atomic mass is 10.0. The van der Waals surface area contributed by atoms with Crippen molar-refractivity contribution in [3.63, 3.8) is 0 Å². The van der Waals surface area contributed by atoms with Crippen LogP contribution in [0.25, 0.3) is 0 Å². The van der Waals surface area contributed by atoms with Gasteiger partial charge in [0.1, 0.15) is 11.6 Å². The molecule has 1 heterocycles. The highest BCUT2D eigenvalue weighted by molar-refractivity contribution is 5.97. The van der Waals surface area contributed by atoms with E-state index in [4.69, 9.17) is 15.9 Å². The lowest BCUT2D eigenvalue weighted by Crippen LogP contribution is -2.13. The molecule has 4 nitrogen and oxygen atoms in total. The first-order valence-electron chi connectivity index (χ1n) is 6.57. The first-order valence-corrected chi connectivity index (χ1v) is 6.57. The largest absolute Gasteiger partial charge is 0.438 e. The number of amidine groups is 1. The number of nitrogen functional groups attached to an aromatic ring is 1. The van der Waals surface area contributed by atoms with Crippen molar-refractivity contribution >= 4 is 5.84 Å². The van der Waals surface area contributed by atoms with Crippen LogP contribution >= 0.6 is 0 Å². The minimum atomic E-state index is -0.0486. The van der Waals surface area contributed by atoms with E-state index in [2.05, 4.69) is 24.9 Å². The lowest BCUT2D eigenvalue weighted by molar-refractivity contribution is 0.459. The third-order valence-electron chi connectivity index (χ3n) is 3.03. The Kier molecular flexibility index (Phi) is 4.03. The number of ether oxygens (including phenoxy) is 1. The van der Waals surface area contributed by atoms with Crippen molar-refractivity contribution in [3.05, 3.63) is 53.2 Å². The van der Waals surface area contributed by atoms with Crippen LogP contribution < -0.4 is 10.5 Å². The van der Waals surface area contributed by atoms with Gasteiger partial charge in [-0.25, -0.2) is 4.98 Å². The predicted octanol–water partition coefficient (Wildman–Crippen LogP) is 3.59. The summed E-state index contributed by atoms with van der Waals surface area (Å²) in [7, 11) is 0. The van der Waals surface area contributed by atoms with Gasteiger partial charge in [-0.15, -0.1) is 0 Å². The van der Waals surface area contributed by atoms with Crippen molar-refractivity contribution < 1.29 is 4.74 Å². The maximum Gasteiger partial charge on any atom is 0.230 e. The Labute approximate surface area is 119 Å². The van der Waals surface area contributed by atoms with E-state index in [1.54, 1.807) is 6.07 Å². The number of nitrogens with two attached hydrogens (primary N) is 1. The van der Waals surface area contributed by atoms with Gasteiger partial charge in [0.05, 0.1) is 5.56 Å². The smallest absolute Gasteiger partial charge is 0.230 e. The average Bonchev–Trinajstić information content (AvgIpc) is 2.38. The maximum absolute atomic E-state index is 7.58. The van der Waals surface area contributed by atoms with E-state index in [9.17, 15) is 0 Å². The quantitative estimate of drug-likeness (QED) is 0.658. The Bertz CT molecular complexity index is 635. The van der Waals surface area contributed by atoms with E-state index in [0.29, 0.717) is 23.1 Å². The molecule has 0 aliphatic heterocycles. The minimum Gasteiger partial charge on any atom is -0.438 e. The van der Waals surface area contributed by atoms with Gasteiger partial charge < -0.3 is 10.5 Å². The SMILES string of the molecule is Cc1ccc(C(=N)N)c(Oc2cccc(C(C)C)c2)n1. The molecule has 0 saturated heterocycles. The van der Waals surface area contributed by atoms with Crippen molar-refractivity contribution in [1.29, 1.82) is 5.41 Å². The number of aryl methyl sites for hydroxylation is 1. The number of pyridine rings is 1. The topological polar surface area (TPSA) is 72.0 Å². The molecule has 0 fully saturated rings. The number of hydrogen-bond acceptors (Lipinski definition) is 3. The zero-order chi connectivity index (χ0) is 14.7. The molecule has 0 unspecified atom stereocenters. The number of rotatable bonds is 4. The van der Waals surface area contributed by atoms with Gasteiger partial charge in [0.15, 0.2) is 0 Å². The first-order chi connectivity index (χ1) is 9.47. The second kappa shape index (κ2) is 5.74. The van der Waals surface area contributed by atoms with Crippen LogP contribution in [0.15, 0.2) is 36.4 Å². The fraction of sp³-hybridized carbons (Fsp3) is 0.250. The molecule has 4 heteroatoms. The molecule has 1 aromatic heterocycles. The van der Waals surface area contributed by atoms with E-state index in [-0.39, 0.29) is 5.84 Å². The van der Waals surface area contributed by atoms with E-state index in [1.807, 2.05) is 31.2 Å². The Balaban J connectivity index is 2.36. The van der Waals surface area contributed by atoms with Crippen LogP contribution in [-0.2, 0) is 0 Å². The monoisotopic (exact) mass is 269 g/mol. The van der Waals surface area contributed by atoms with Gasteiger partial charge in [0.25, 0.3) is 0 Å². The fourth-order valence-corrected chi connectivity index (χ4v) is 1.86. The van der Waals surface area contributed by atoms with Crippen LogP contribution in [0, 0.1) is 12.3 Å². The number of nitrogens with one attached hydrogen (secondary N) is 1. The summed E-state index contributed by atoms with van der Waals surface area (Å²) in [4.78, 5) is 4.32. The summed E-state index contributed by atoms with van der Waals surface area (Å²) >= 11 is 0. The van der Waals surface area contributed by atoms with Crippen molar-refractivity contribution in [1.82, 2.24) is 4.98 Å². The molecule has 104 valence electrons. The molecular weight excluding hydrogens is 250 g/mol. The first kappa shape index (κ1) is 14.1. The minimum absolute atomic E-state index is 0.0486. The number of nitrogens with zero attached hydrogens (tertiary/aromatic N) is 1. The van der Waals surface area contributed by atoms with Gasteiger partial charge in [-0.05, 0) is 42.7 Å². The van der Waals surface area contributed by atoms with Crippen LogP contribution in [0.2, 0.25) is 0 Å². The summed E-state index contributed by atoms with van der Waals surface area (Å²) in [5.74, 6) is 1.46. The zero-order valence-electron chi connectivity index (χ0n) is 12.0. The molecule has 1 aromatic carbocycles. The number of benzene rings is 1. The Hall–Kier alpha value is -2.36. The molecule has 20 heavy (non-hydrogen) atoms. The highest BCUT2D eigenvalue weighted by Crippen LogP contribution is 2.26. The summed E-state index contributed by atoms with van der Waals surface area (Å²) in [5, 5.41) is 7.58. The third kappa shape index (κ3) is 3.15. The van der Waals surface area contributed by atoms with E-state index in [1.165, 1.54) is 5.56 Å². The number of hydrogen-bond donors (Lipinski definition) is 2. The van der Waals surface area contributed by atoms with Crippen molar-refractivity contribution in [2.75, 3.05) is 0 Å². The number of aromatic nitrogens is 1. The molecule has 0 radical (unpaired) electrons. The fourth-order valence-electron chi connectivity index (χ4n) is 1.86. The Morgan fingerprint density at radius 2 is 2.00 bits per heavy atom. The molecule has 0 amide bonds. The highest BCUT2D eigenvalue weighted by Gasteiger charge is 2.10. The van der Waals surface area contributed by atoms with Crippen LogP contribution in [0.3, 0.4) is 0 Å². The molecular formula is C16H19N3O. The Morgan fingerprint density at radius 3 is 2.65 bits per heavy atom. The van der Waals surface area contributed by atoms with Gasteiger partial charge in [0, 0.05) is 5.69 Å². The zero-order valence-corrected chi connectivity index (χ0v) is 12.0. The average molecular weight is 269 g/mol. The maximum atomic E-state index is 7.58. The normalized spacial score (nSPS) is 10.6. The second-order valence-corrected chi connectivity index (χ2v) is 5.05. The van der Waals surface area contributed by atoms with Crippen molar-refractivity contribution in [3.8, 4) is 11.6 Å². The Morgan fingerprint density at radius 1 is 1.25 bits per heavy atom. The highest BCUT2D eigenvalue weighted by atomic mass is 16.5. The summed E-state index contributed by atoms with van der Waals surface area (Å²) in [6, 6.07) is 11.4. The van der Waals surface area contributed by atoms with Crippen molar-refractivity contribution in [2.45, 2.75) is 26.7 Å². The summed E-state index contributed by atoms with van der Waals surface area (Å²) in [6.45, 7) is 6.14. The standard InChI is InChI=1S/C16H19N3O/c1-10(2)12-5-4-6-13(9-12)20-16-14(15(17)18)8-7-11(3)19-16/h4-10H,1-3H3,(H3,17,18). The molecule has 0 atom stereocenters. The van der Waals surface area contributed by atoms with Gasteiger partial charge in [-0.3, -0.25) is 5.41 Å². The van der Waals surface area contributed by atoms with Crippen LogP contribution in [0.4, 0.5) is 0 Å². The van der Waals surface area contributed by atoms with Crippen LogP contribution in [0.1, 0.15) is 36.6 Å². The van der Waals surface area contributed by atoms with Crippen molar-refractivity contribution in [2.24, 2.45) is 5.73 Å². The molecule has 0 aliphatic rings.